The Balaban J connectivity index is 1.04. The molecule has 56 heavy (non-hydrogen) atoms. The van der Waals surface area contributed by atoms with E-state index in [2.05, 4.69) is 228 Å². The zero-order valence-corrected chi connectivity index (χ0v) is 31.1. The Labute approximate surface area is 328 Å². The van der Waals surface area contributed by atoms with E-state index in [9.17, 15) is 0 Å². The van der Waals surface area contributed by atoms with Gasteiger partial charge in [-0.05, 0) is 106 Å². The van der Waals surface area contributed by atoms with Gasteiger partial charge in [0.1, 0.15) is 0 Å². The van der Waals surface area contributed by atoms with Gasteiger partial charge in [0, 0.05) is 33.4 Å². The van der Waals surface area contributed by atoms with Crippen molar-refractivity contribution in [1.29, 1.82) is 0 Å². The third-order valence-corrected chi connectivity index (χ3v) is 11.2. The van der Waals surface area contributed by atoms with Crippen molar-refractivity contribution < 1.29 is 0 Å². The average molecular weight is 717 g/mol. The lowest BCUT2D eigenvalue weighted by atomic mass is 9.90. The molecule has 2 nitrogen and oxygen atoms in total. The number of anilines is 3. The Bertz CT molecular complexity index is 2820. The van der Waals surface area contributed by atoms with Crippen molar-refractivity contribution in [2.24, 2.45) is 0 Å². The molecule has 1 heterocycles. The van der Waals surface area contributed by atoms with Crippen LogP contribution in [0.1, 0.15) is 24.0 Å². The highest BCUT2D eigenvalue weighted by Gasteiger charge is 2.18. The van der Waals surface area contributed by atoms with Crippen molar-refractivity contribution >= 4 is 50.0 Å². The van der Waals surface area contributed by atoms with Crippen molar-refractivity contribution in [2.45, 2.75) is 12.8 Å². The van der Waals surface area contributed by atoms with Crippen LogP contribution >= 0.6 is 0 Å². The van der Waals surface area contributed by atoms with E-state index >= 15 is 0 Å². The van der Waals surface area contributed by atoms with Crippen molar-refractivity contribution in [3.8, 4) is 27.9 Å². The van der Waals surface area contributed by atoms with Gasteiger partial charge in [-0.15, -0.1) is 0 Å². The first-order valence-corrected chi connectivity index (χ1v) is 19.5. The highest BCUT2D eigenvalue weighted by molar-refractivity contribution is 6.09. The summed E-state index contributed by atoms with van der Waals surface area (Å²) in [5, 5.41) is 2.53. The Morgan fingerprint density at radius 1 is 0.339 bits per heavy atom. The number of nitrogens with zero attached hydrogens (tertiary/aromatic N) is 2. The predicted molar refractivity (Wildman–Crippen MR) is 238 cm³/mol. The summed E-state index contributed by atoms with van der Waals surface area (Å²) < 4.78 is 2.41. The minimum Gasteiger partial charge on any atom is -0.310 e. The largest absolute Gasteiger partial charge is 0.310 e. The molecule has 0 fully saturated rings. The van der Waals surface area contributed by atoms with E-state index in [1.807, 2.05) is 0 Å². The number of fused-ring (bicyclic) bond motifs is 3. The van der Waals surface area contributed by atoms with Crippen LogP contribution in [0.2, 0.25) is 0 Å². The maximum absolute atomic E-state index is 2.41. The van der Waals surface area contributed by atoms with Crippen LogP contribution in [0, 0.1) is 0 Å². The van der Waals surface area contributed by atoms with Gasteiger partial charge >= 0.3 is 0 Å². The number of para-hydroxylation sites is 3. The number of hydrogen-bond acceptors (Lipinski definition) is 1. The summed E-state index contributed by atoms with van der Waals surface area (Å²) in [6.07, 6.45) is 6.67. The molecule has 1 aliphatic rings. The first kappa shape index (κ1) is 33.4. The smallest absolute Gasteiger partial charge is 0.0541 e. The second-order valence-electron chi connectivity index (χ2n) is 14.5. The van der Waals surface area contributed by atoms with Crippen LogP contribution in [0.4, 0.5) is 17.1 Å². The number of aromatic nitrogens is 1. The predicted octanol–water partition coefficient (Wildman–Crippen LogP) is 14.8. The third-order valence-electron chi connectivity index (χ3n) is 11.2. The molecule has 8 aromatic carbocycles. The summed E-state index contributed by atoms with van der Waals surface area (Å²) in [6, 6.07) is 74.6. The highest BCUT2D eigenvalue weighted by Crippen LogP contribution is 2.41. The van der Waals surface area contributed by atoms with Gasteiger partial charge in [0.2, 0.25) is 0 Å². The molecule has 1 aliphatic carbocycles. The lowest BCUT2D eigenvalue weighted by molar-refractivity contribution is 1.07. The SMILES string of the molecule is C1=C(c2ccccc2)CCC(c2ccc(N(c3ccc(-c4ccccc4-n4c5ccccc5c5ccccc54)cc3)c3cccc(-c4ccccc4)c3)cc2)=C1. The Kier molecular flexibility index (Phi) is 8.70. The molecule has 0 radical (unpaired) electrons. The second-order valence-corrected chi connectivity index (χ2v) is 14.5. The Morgan fingerprint density at radius 2 is 0.821 bits per heavy atom. The molecule has 0 saturated heterocycles. The summed E-state index contributed by atoms with van der Waals surface area (Å²) in [5.74, 6) is 0. The van der Waals surface area contributed by atoms with Gasteiger partial charge < -0.3 is 9.47 Å². The summed E-state index contributed by atoms with van der Waals surface area (Å²) in [4.78, 5) is 2.38. The molecule has 10 rings (SSSR count). The lowest BCUT2D eigenvalue weighted by Crippen LogP contribution is -2.10. The van der Waals surface area contributed by atoms with E-state index in [0.717, 1.165) is 29.9 Å². The normalized spacial score (nSPS) is 12.7. The molecular formula is C54H40N2. The molecule has 0 unspecified atom stereocenters. The monoisotopic (exact) mass is 716 g/mol. The maximum Gasteiger partial charge on any atom is 0.0541 e. The van der Waals surface area contributed by atoms with Gasteiger partial charge in [0.15, 0.2) is 0 Å². The highest BCUT2D eigenvalue weighted by atomic mass is 15.1. The molecule has 1 aromatic heterocycles. The third kappa shape index (κ3) is 6.22. The van der Waals surface area contributed by atoms with Crippen LogP contribution in [-0.2, 0) is 0 Å². The van der Waals surface area contributed by atoms with Gasteiger partial charge in [0.25, 0.3) is 0 Å². The number of allylic oxidation sites excluding steroid dienone is 4. The molecule has 9 aromatic rings. The van der Waals surface area contributed by atoms with E-state index in [1.165, 1.54) is 72.0 Å². The van der Waals surface area contributed by atoms with Crippen molar-refractivity contribution in [3.63, 3.8) is 0 Å². The fourth-order valence-corrected chi connectivity index (χ4v) is 8.38. The van der Waals surface area contributed by atoms with Crippen LogP contribution in [-0.4, -0.2) is 4.57 Å². The Hall–Kier alpha value is -7.16. The summed E-state index contributed by atoms with van der Waals surface area (Å²) in [6.45, 7) is 0. The van der Waals surface area contributed by atoms with E-state index in [4.69, 9.17) is 0 Å². The van der Waals surface area contributed by atoms with Crippen LogP contribution in [0.5, 0.6) is 0 Å². The van der Waals surface area contributed by atoms with E-state index < -0.39 is 0 Å². The number of benzene rings is 8. The van der Waals surface area contributed by atoms with Gasteiger partial charge in [-0.2, -0.15) is 0 Å². The van der Waals surface area contributed by atoms with Gasteiger partial charge in [-0.3, -0.25) is 0 Å². The first-order valence-electron chi connectivity index (χ1n) is 19.5. The van der Waals surface area contributed by atoms with Gasteiger partial charge in [0.05, 0.1) is 16.7 Å². The van der Waals surface area contributed by atoms with Crippen LogP contribution < -0.4 is 4.90 Å². The van der Waals surface area contributed by atoms with Crippen molar-refractivity contribution in [2.75, 3.05) is 4.90 Å². The minimum atomic E-state index is 1.03. The van der Waals surface area contributed by atoms with Crippen molar-refractivity contribution in [3.05, 3.63) is 230 Å². The van der Waals surface area contributed by atoms with Crippen LogP contribution in [0.15, 0.2) is 218 Å². The molecule has 0 atom stereocenters. The minimum absolute atomic E-state index is 1.03. The molecule has 2 heteroatoms. The van der Waals surface area contributed by atoms with E-state index in [-0.39, 0.29) is 0 Å². The number of hydrogen-bond donors (Lipinski definition) is 0. The summed E-state index contributed by atoms with van der Waals surface area (Å²) in [7, 11) is 0. The van der Waals surface area contributed by atoms with Gasteiger partial charge in [-0.25, -0.2) is 0 Å². The molecule has 0 bridgehead atoms. The molecule has 0 aliphatic heterocycles. The zero-order chi connectivity index (χ0) is 37.3. The van der Waals surface area contributed by atoms with Crippen LogP contribution in [0.3, 0.4) is 0 Å². The zero-order valence-electron chi connectivity index (χ0n) is 31.1. The molecule has 266 valence electrons. The summed E-state index contributed by atoms with van der Waals surface area (Å²) in [5.41, 5.74) is 17.0. The molecule has 0 N–H and O–H groups in total. The quantitative estimate of drug-likeness (QED) is 0.152. The lowest BCUT2D eigenvalue weighted by Gasteiger charge is -2.27. The van der Waals surface area contributed by atoms with Crippen LogP contribution in [0.25, 0.3) is 60.9 Å². The van der Waals surface area contributed by atoms with Crippen molar-refractivity contribution in [1.82, 2.24) is 4.57 Å². The summed E-state index contributed by atoms with van der Waals surface area (Å²) >= 11 is 0. The molecular weight excluding hydrogens is 677 g/mol. The number of rotatable bonds is 8. The second kappa shape index (κ2) is 14.6. The van der Waals surface area contributed by atoms with E-state index in [0.29, 0.717) is 0 Å². The Morgan fingerprint density at radius 3 is 1.43 bits per heavy atom. The average Bonchev–Trinajstić information content (AvgIpc) is 3.62. The standard InChI is InChI=1S/C54H40N2/c1-3-14-39(15-4-1)41-26-28-42(29-27-41)43-30-34-46(35-31-43)55(48-19-13-18-45(38-48)40-16-5-2-6-17-40)47-36-32-44(33-37-47)49-20-7-10-23-52(49)56-53-24-11-8-21-50(53)51-22-9-12-25-54(51)56/h1-26,28,30-38H,27,29H2. The molecule has 0 spiro atoms. The van der Waals surface area contributed by atoms with E-state index in [1.54, 1.807) is 0 Å². The molecule has 0 saturated carbocycles. The fourth-order valence-electron chi connectivity index (χ4n) is 8.38. The maximum atomic E-state index is 2.41. The topological polar surface area (TPSA) is 8.17 Å². The molecule has 0 amide bonds. The first-order chi connectivity index (χ1) is 27.8. The van der Waals surface area contributed by atoms with Gasteiger partial charge in [-0.1, -0.05) is 164 Å². The fraction of sp³-hybridized carbons (Fsp3) is 0.0370.